The van der Waals surface area contributed by atoms with E-state index in [2.05, 4.69) is 19.1 Å². The quantitative estimate of drug-likeness (QED) is 0.349. The van der Waals surface area contributed by atoms with E-state index in [0.717, 1.165) is 49.8 Å². The van der Waals surface area contributed by atoms with Crippen molar-refractivity contribution >= 4 is 11.9 Å². The summed E-state index contributed by atoms with van der Waals surface area (Å²) in [6, 6.07) is 6.00. The molecule has 0 bridgehead atoms. The van der Waals surface area contributed by atoms with Gasteiger partial charge in [-0.25, -0.2) is 0 Å². The predicted molar refractivity (Wildman–Crippen MR) is 109 cm³/mol. The van der Waals surface area contributed by atoms with E-state index in [1.165, 1.54) is 16.7 Å². The molecule has 0 spiro atoms. The van der Waals surface area contributed by atoms with Crippen LogP contribution in [-0.4, -0.2) is 5.78 Å². The summed E-state index contributed by atoms with van der Waals surface area (Å²) in [5.41, 5.74) is 4.84. The van der Waals surface area contributed by atoms with Gasteiger partial charge in [-0.3, -0.25) is 4.79 Å². The first-order valence-electron chi connectivity index (χ1n) is 10.0. The predicted octanol–water partition coefficient (Wildman–Crippen LogP) is 6.66. The van der Waals surface area contributed by atoms with E-state index in [-0.39, 0.29) is 5.78 Å². The number of aryl methyl sites for hydroxylation is 3. The van der Waals surface area contributed by atoms with Crippen LogP contribution in [0.1, 0.15) is 72.5 Å². The number of carbonyl (C=O) groups is 1. The van der Waals surface area contributed by atoms with Gasteiger partial charge >= 0.3 is 0 Å². The highest BCUT2D eigenvalue weighted by Gasteiger charge is 2.09. The van der Waals surface area contributed by atoms with Crippen molar-refractivity contribution in [3.8, 4) is 0 Å². The van der Waals surface area contributed by atoms with Crippen LogP contribution in [0, 0.1) is 0 Å². The van der Waals surface area contributed by atoms with Gasteiger partial charge in [0.25, 0.3) is 0 Å². The molecule has 3 rings (SSSR count). The Morgan fingerprint density at radius 2 is 1.71 bits per heavy atom. The first kappa shape index (κ1) is 20.0. The first-order chi connectivity index (χ1) is 13.6. The second kappa shape index (κ2) is 9.98. The summed E-state index contributed by atoms with van der Waals surface area (Å²) in [6.07, 6.45) is 15.7. The van der Waals surface area contributed by atoms with Gasteiger partial charge in [-0.2, -0.15) is 0 Å². The molecular weight excluding hydrogens is 352 g/mol. The van der Waals surface area contributed by atoms with Crippen molar-refractivity contribution in [2.24, 2.45) is 0 Å². The summed E-state index contributed by atoms with van der Waals surface area (Å²) in [5, 5.41) is 0. The van der Waals surface area contributed by atoms with Crippen LogP contribution in [0.15, 0.2) is 62.1 Å². The molecule has 0 atom stereocenters. The number of furan rings is 3. The maximum Gasteiger partial charge on any atom is 0.197 e. The van der Waals surface area contributed by atoms with Gasteiger partial charge in [-0.15, -0.1) is 0 Å². The van der Waals surface area contributed by atoms with E-state index < -0.39 is 0 Å². The lowest BCUT2D eigenvalue weighted by Gasteiger charge is -1.99. The highest BCUT2D eigenvalue weighted by Crippen LogP contribution is 2.18. The van der Waals surface area contributed by atoms with Gasteiger partial charge in [-0.1, -0.05) is 12.5 Å². The van der Waals surface area contributed by atoms with Crippen molar-refractivity contribution in [2.45, 2.75) is 58.8 Å². The average molecular weight is 380 g/mol. The van der Waals surface area contributed by atoms with Crippen LogP contribution in [0.25, 0.3) is 6.08 Å². The molecule has 3 aromatic heterocycles. The number of allylic oxidation sites excluding steroid dienone is 1. The molecular formula is C24H28O4. The van der Waals surface area contributed by atoms with E-state index >= 15 is 0 Å². The first-order valence-corrected chi connectivity index (χ1v) is 10.0. The molecule has 0 saturated carbocycles. The van der Waals surface area contributed by atoms with Crippen molar-refractivity contribution in [3.63, 3.8) is 0 Å². The molecule has 0 aliphatic carbocycles. The molecule has 0 radical (unpaired) electrons. The normalized spacial score (nSPS) is 11.9. The zero-order chi connectivity index (χ0) is 19.8. The molecule has 0 amide bonds. The molecule has 0 unspecified atom stereocenters. The van der Waals surface area contributed by atoms with E-state index in [0.29, 0.717) is 12.2 Å². The smallest absolute Gasteiger partial charge is 0.197 e. The van der Waals surface area contributed by atoms with Crippen molar-refractivity contribution in [2.75, 3.05) is 0 Å². The van der Waals surface area contributed by atoms with Gasteiger partial charge < -0.3 is 13.3 Å². The van der Waals surface area contributed by atoms with Crippen molar-refractivity contribution in [3.05, 3.63) is 77.0 Å². The summed E-state index contributed by atoms with van der Waals surface area (Å²) in [7, 11) is 0. The Kier molecular flexibility index (Phi) is 7.12. The van der Waals surface area contributed by atoms with Crippen LogP contribution in [0.5, 0.6) is 0 Å². The monoisotopic (exact) mass is 380 g/mol. The third-order valence-electron chi connectivity index (χ3n) is 4.86. The third kappa shape index (κ3) is 5.88. The molecule has 0 saturated heterocycles. The highest BCUT2D eigenvalue weighted by molar-refractivity contribution is 5.93. The van der Waals surface area contributed by atoms with Crippen LogP contribution < -0.4 is 0 Å². The van der Waals surface area contributed by atoms with Gasteiger partial charge in [0, 0.05) is 6.42 Å². The fraction of sp³-hybridized carbons (Fsp3) is 0.375. The average Bonchev–Trinajstić information content (AvgIpc) is 3.43. The Balaban J connectivity index is 1.41. The van der Waals surface area contributed by atoms with Gasteiger partial charge in [0.15, 0.2) is 11.5 Å². The Labute approximate surface area is 166 Å². The molecule has 3 aromatic rings. The topological polar surface area (TPSA) is 56.5 Å². The van der Waals surface area contributed by atoms with Crippen molar-refractivity contribution < 1.29 is 18.0 Å². The molecule has 0 N–H and O–H groups in total. The largest absolute Gasteiger partial charge is 0.472 e. The van der Waals surface area contributed by atoms with Crippen LogP contribution in [-0.2, 0) is 19.3 Å². The molecule has 0 aliphatic rings. The fourth-order valence-electron chi connectivity index (χ4n) is 3.25. The zero-order valence-electron chi connectivity index (χ0n) is 16.7. The van der Waals surface area contributed by atoms with Crippen LogP contribution >= 0.6 is 0 Å². The Morgan fingerprint density at radius 1 is 0.964 bits per heavy atom. The standard InChI is InChI=1S/C24H28O4/c1-3-23(25)24-14-21(17-28-24)8-4-6-18(2)12-22-13-20(16-27-22)9-5-7-19-10-11-26-15-19/h10-17H,3-9H2,1-2H3/b18-12+. The lowest BCUT2D eigenvalue weighted by molar-refractivity contribution is 0.0961. The van der Waals surface area contributed by atoms with Gasteiger partial charge in [0.1, 0.15) is 5.76 Å². The molecule has 0 aliphatic heterocycles. The summed E-state index contributed by atoms with van der Waals surface area (Å²) in [4.78, 5) is 11.6. The number of ketones is 1. The van der Waals surface area contributed by atoms with Crippen LogP contribution in [0.2, 0.25) is 0 Å². The molecule has 0 fully saturated rings. The minimum Gasteiger partial charge on any atom is -0.472 e. The minimum atomic E-state index is 0.0562. The van der Waals surface area contributed by atoms with Crippen molar-refractivity contribution in [1.82, 2.24) is 0 Å². The van der Waals surface area contributed by atoms with Crippen LogP contribution in [0.4, 0.5) is 0 Å². The molecule has 3 heterocycles. The SMILES string of the molecule is CCC(=O)c1cc(CCC/C(C)=C/c2cc(CCCc3ccoc3)co2)co1. The molecule has 148 valence electrons. The molecule has 0 aromatic carbocycles. The van der Waals surface area contributed by atoms with Crippen LogP contribution in [0.3, 0.4) is 0 Å². The third-order valence-corrected chi connectivity index (χ3v) is 4.86. The van der Waals surface area contributed by atoms with Gasteiger partial charge in [-0.05, 0) is 86.4 Å². The second-order valence-corrected chi connectivity index (χ2v) is 7.28. The van der Waals surface area contributed by atoms with Crippen molar-refractivity contribution in [1.29, 1.82) is 0 Å². The summed E-state index contributed by atoms with van der Waals surface area (Å²) >= 11 is 0. The van der Waals surface area contributed by atoms with E-state index in [4.69, 9.17) is 13.3 Å². The summed E-state index contributed by atoms with van der Waals surface area (Å²) in [6.45, 7) is 3.97. The highest BCUT2D eigenvalue weighted by atomic mass is 16.3. The number of Topliss-reactive ketones (excluding diaryl/α,β-unsaturated/α-hetero) is 1. The zero-order valence-corrected chi connectivity index (χ0v) is 16.7. The Hall–Kier alpha value is -2.75. The Morgan fingerprint density at radius 3 is 2.50 bits per heavy atom. The number of carbonyl (C=O) groups excluding carboxylic acids is 1. The second-order valence-electron chi connectivity index (χ2n) is 7.28. The molecule has 4 heteroatoms. The van der Waals surface area contributed by atoms with Gasteiger partial charge in [0.05, 0.1) is 25.1 Å². The maximum atomic E-state index is 11.6. The Bertz CT molecular complexity index is 893. The minimum absolute atomic E-state index is 0.0562. The lowest BCUT2D eigenvalue weighted by Crippen LogP contribution is -1.92. The lowest BCUT2D eigenvalue weighted by atomic mass is 10.1. The number of hydrogen-bond donors (Lipinski definition) is 0. The van der Waals surface area contributed by atoms with Gasteiger partial charge in [0.2, 0.25) is 0 Å². The fourth-order valence-corrected chi connectivity index (χ4v) is 3.25. The number of rotatable bonds is 11. The van der Waals surface area contributed by atoms with E-state index in [1.807, 2.05) is 25.3 Å². The maximum absolute atomic E-state index is 11.6. The molecule has 4 nitrogen and oxygen atoms in total. The summed E-state index contributed by atoms with van der Waals surface area (Å²) in [5.74, 6) is 1.44. The van der Waals surface area contributed by atoms with E-state index in [1.54, 1.807) is 18.8 Å². The number of hydrogen-bond acceptors (Lipinski definition) is 4. The van der Waals surface area contributed by atoms with E-state index in [9.17, 15) is 4.79 Å². The summed E-state index contributed by atoms with van der Waals surface area (Å²) < 4.78 is 16.1. The molecule has 28 heavy (non-hydrogen) atoms.